The van der Waals surface area contributed by atoms with Gasteiger partial charge in [0.05, 0.1) is 17.4 Å². The van der Waals surface area contributed by atoms with E-state index in [9.17, 15) is 18.0 Å². The topological polar surface area (TPSA) is 59.8 Å². The number of carbonyl (C=O) groups is 1. The highest BCUT2D eigenvalue weighted by Gasteiger charge is 2.33. The van der Waals surface area contributed by atoms with Crippen LogP contribution in [0.4, 0.5) is 13.2 Å². The average Bonchev–Trinajstić information content (AvgIpc) is 3.11. The molecule has 5 nitrogen and oxygen atoms in total. The predicted octanol–water partition coefficient (Wildman–Crippen LogP) is 4.08. The molecule has 3 rings (SSSR count). The summed E-state index contributed by atoms with van der Waals surface area (Å²) in [7, 11) is 0. The fraction of sp³-hybridized carbons (Fsp3) is 0.250. The van der Waals surface area contributed by atoms with Gasteiger partial charge in [0.2, 0.25) is 0 Å². The van der Waals surface area contributed by atoms with Crippen LogP contribution in [0, 0.1) is 0 Å². The van der Waals surface area contributed by atoms with Crippen molar-refractivity contribution in [3.05, 3.63) is 78.4 Å². The molecule has 1 unspecified atom stereocenters. The van der Waals surface area contributed by atoms with Crippen LogP contribution in [0.1, 0.15) is 35.8 Å². The summed E-state index contributed by atoms with van der Waals surface area (Å²) in [5.41, 5.74) is 1.23. The molecule has 2 heterocycles. The van der Waals surface area contributed by atoms with Gasteiger partial charge in [-0.15, -0.1) is 0 Å². The molecule has 1 amide bonds. The highest BCUT2D eigenvalue weighted by Crippen LogP contribution is 2.32. The van der Waals surface area contributed by atoms with Crippen molar-refractivity contribution in [1.29, 1.82) is 0 Å². The number of fused-ring (bicyclic) bond motifs is 1. The lowest BCUT2D eigenvalue weighted by Crippen LogP contribution is -2.31. The number of carbonyl (C=O) groups excluding carboxylic acids is 1. The molecule has 2 aromatic rings. The van der Waals surface area contributed by atoms with E-state index >= 15 is 0 Å². The summed E-state index contributed by atoms with van der Waals surface area (Å²) >= 11 is 0. The predicted molar refractivity (Wildman–Crippen MR) is 98.7 cm³/mol. The molecule has 0 aliphatic heterocycles. The summed E-state index contributed by atoms with van der Waals surface area (Å²) in [6, 6.07) is 2.14. The largest absolute Gasteiger partial charge is 0.433 e. The zero-order valence-electron chi connectivity index (χ0n) is 15.0. The Bertz CT molecular complexity index is 943. The number of pyridine rings is 1. The smallest absolute Gasteiger partial charge is 0.345 e. The zero-order valence-corrected chi connectivity index (χ0v) is 15.0. The van der Waals surface area contributed by atoms with Crippen molar-refractivity contribution in [2.75, 3.05) is 0 Å². The van der Waals surface area contributed by atoms with Crippen molar-refractivity contribution < 1.29 is 18.0 Å². The maximum atomic E-state index is 12.9. The van der Waals surface area contributed by atoms with Crippen LogP contribution < -0.4 is 5.32 Å². The van der Waals surface area contributed by atoms with Crippen LogP contribution >= 0.6 is 0 Å². The first kappa shape index (κ1) is 19.6. The third kappa shape index (κ3) is 4.05. The summed E-state index contributed by atoms with van der Waals surface area (Å²) in [6.07, 6.45) is 4.98. The summed E-state index contributed by atoms with van der Waals surface area (Å²) in [4.78, 5) is 15.8. The first-order valence-electron chi connectivity index (χ1n) is 8.71. The van der Waals surface area contributed by atoms with E-state index < -0.39 is 11.9 Å². The maximum absolute atomic E-state index is 12.9. The number of nitrogens with one attached hydrogen (secondary N) is 1. The molecule has 0 bridgehead atoms. The lowest BCUT2D eigenvalue weighted by molar-refractivity contribution is -0.141. The van der Waals surface area contributed by atoms with Crippen molar-refractivity contribution in [2.45, 2.75) is 31.5 Å². The third-order valence-corrected chi connectivity index (χ3v) is 4.49. The van der Waals surface area contributed by atoms with Gasteiger partial charge in [-0.3, -0.25) is 9.78 Å². The first-order chi connectivity index (χ1) is 13.3. The average molecular weight is 388 g/mol. The molecule has 0 radical (unpaired) electrons. The molecule has 2 aromatic heterocycles. The highest BCUT2D eigenvalue weighted by atomic mass is 19.4. The van der Waals surface area contributed by atoms with Gasteiger partial charge in [-0.1, -0.05) is 31.4 Å². The van der Waals surface area contributed by atoms with Gasteiger partial charge in [-0.05, 0) is 31.4 Å². The number of hydrogen-bond acceptors (Lipinski definition) is 3. The summed E-state index contributed by atoms with van der Waals surface area (Å²) in [5, 5.41) is 7.36. The Morgan fingerprint density at radius 3 is 2.82 bits per heavy atom. The van der Waals surface area contributed by atoms with E-state index in [-0.39, 0.29) is 17.6 Å². The van der Waals surface area contributed by atoms with E-state index in [0.29, 0.717) is 18.4 Å². The molecule has 0 saturated carbocycles. The van der Waals surface area contributed by atoms with Gasteiger partial charge in [0.25, 0.3) is 5.91 Å². The highest BCUT2D eigenvalue weighted by molar-refractivity contribution is 5.96. The van der Waals surface area contributed by atoms with Gasteiger partial charge in [-0.25, -0.2) is 4.68 Å². The second-order valence-electron chi connectivity index (χ2n) is 6.35. The van der Waals surface area contributed by atoms with Gasteiger partial charge in [0.1, 0.15) is 5.69 Å². The number of nitrogens with zero attached hydrogens (tertiary/aromatic N) is 3. The van der Waals surface area contributed by atoms with Crippen molar-refractivity contribution >= 4 is 5.91 Å². The van der Waals surface area contributed by atoms with E-state index in [1.54, 1.807) is 12.3 Å². The second-order valence-corrected chi connectivity index (χ2v) is 6.35. The molecular weight excluding hydrogens is 369 g/mol. The Hall–Kier alpha value is -3.16. The molecule has 146 valence electrons. The number of aromatic nitrogens is 3. The third-order valence-electron chi connectivity index (χ3n) is 4.49. The van der Waals surface area contributed by atoms with Crippen molar-refractivity contribution in [2.24, 2.45) is 0 Å². The minimum absolute atomic E-state index is 0.264. The minimum atomic E-state index is -4.53. The Balaban J connectivity index is 1.89. The van der Waals surface area contributed by atoms with Gasteiger partial charge in [0.15, 0.2) is 0 Å². The van der Waals surface area contributed by atoms with Crippen molar-refractivity contribution in [1.82, 2.24) is 20.1 Å². The van der Waals surface area contributed by atoms with Crippen LogP contribution in [-0.4, -0.2) is 20.7 Å². The summed E-state index contributed by atoms with van der Waals surface area (Å²) in [6.45, 7) is 7.19. The van der Waals surface area contributed by atoms with Gasteiger partial charge in [0, 0.05) is 23.5 Å². The van der Waals surface area contributed by atoms with Crippen LogP contribution in [0.2, 0.25) is 0 Å². The second kappa shape index (κ2) is 7.84. The quantitative estimate of drug-likeness (QED) is 0.620. The van der Waals surface area contributed by atoms with Gasteiger partial charge < -0.3 is 5.32 Å². The zero-order chi connectivity index (χ0) is 20.3. The standard InChI is InChI=1S/C20H19F3N4O/c1-3-6-13(4-2)19(28)25-16-7-5-8-17-15(16)12-27(26-17)14-9-10-24-18(11-14)20(21,22)23/h3-4,6,9-12,16H,1-2,5,7-8H2,(H,25,28)/b13-6+. The number of halogens is 3. The van der Waals surface area contributed by atoms with E-state index in [0.717, 1.165) is 29.9 Å². The minimum Gasteiger partial charge on any atom is -0.345 e. The SMILES string of the molecule is C=C/C=C(\C=C)C(=O)NC1CCCc2nn(-c3ccnc(C(F)(F)F)c3)cc21. The fourth-order valence-corrected chi connectivity index (χ4v) is 3.14. The molecule has 1 N–H and O–H groups in total. The Morgan fingerprint density at radius 2 is 2.14 bits per heavy atom. The number of allylic oxidation sites excluding steroid dienone is 2. The van der Waals surface area contributed by atoms with Crippen LogP contribution in [0.3, 0.4) is 0 Å². The lowest BCUT2D eigenvalue weighted by Gasteiger charge is -2.22. The molecule has 1 aliphatic rings. The van der Waals surface area contributed by atoms with Crippen LogP contribution in [0.5, 0.6) is 0 Å². The molecule has 1 atom stereocenters. The molecule has 0 aromatic carbocycles. The van der Waals surface area contributed by atoms with Crippen molar-refractivity contribution in [3.63, 3.8) is 0 Å². The number of amides is 1. The van der Waals surface area contributed by atoms with Gasteiger partial charge in [-0.2, -0.15) is 18.3 Å². The van der Waals surface area contributed by atoms with Gasteiger partial charge >= 0.3 is 6.18 Å². The van der Waals surface area contributed by atoms with Crippen LogP contribution in [0.25, 0.3) is 5.69 Å². The summed E-state index contributed by atoms with van der Waals surface area (Å²) in [5.74, 6) is -0.288. The van der Waals surface area contributed by atoms with E-state index in [1.807, 2.05) is 0 Å². The van der Waals surface area contributed by atoms with E-state index in [2.05, 4.69) is 28.6 Å². The van der Waals surface area contributed by atoms with E-state index in [1.165, 1.54) is 22.9 Å². The molecule has 0 fully saturated rings. The number of alkyl halides is 3. The lowest BCUT2D eigenvalue weighted by atomic mass is 9.93. The number of hydrogen-bond donors (Lipinski definition) is 1. The molecule has 1 aliphatic carbocycles. The van der Waals surface area contributed by atoms with E-state index in [4.69, 9.17) is 0 Å². The van der Waals surface area contributed by atoms with Crippen molar-refractivity contribution in [3.8, 4) is 5.69 Å². The number of rotatable bonds is 5. The molecule has 8 heteroatoms. The Labute approximate surface area is 160 Å². The normalized spacial score (nSPS) is 17.0. The molecule has 0 spiro atoms. The Morgan fingerprint density at radius 1 is 1.36 bits per heavy atom. The number of aryl methyl sites for hydroxylation is 1. The fourth-order valence-electron chi connectivity index (χ4n) is 3.14. The maximum Gasteiger partial charge on any atom is 0.433 e. The first-order valence-corrected chi connectivity index (χ1v) is 8.71. The molecule has 0 saturated heterocycles. The Kier molecular flexibility index (Phi) is 5.48. The summed E-state index contributed by atoms with van der Waals surface area (Å²) < 4.78 is 40.2. The molecular formula is C20H19F3N4O. The molecule has 28 heavy (non-hydrogen) atoms. The van der Waals surface area contributed by atoms with Crippen LogP contribution in [0.15, 0.2) is 61.5 Å². The van der Waals surface area contributed by atoms with Crippen LogP contribution in [-0.2, 0) is 17.4 Å². The monoisotopic (exact) mass is 388 g/mol.